The Morgan fingerprint density at radius 1 is 0.794 bits per heavy atom. The zero-order valence-corrected chi connectivity index (χ0v) is 20.1. The molecule has 0 radical (unpaired) electrons. The third kappa shape index (κ3) is 4.62. The summed E-state index contributed by atoms with van der Waals surface area (Å²) >= 11 is 0. The van der Waals surface area contributed by atoms with Crippen LogP contribution in [0.3, 0.4) is 0 Å². The van der Waals surface area contributed by atoms with E-state index < -0.39 is 23.3 Å². The van der Waals surface area contributed by atoms with Crippen molar-refractivity contribution in [1.82, 2.24) is 9.80 Å². The molecule has 0 bridgehead atoms. The molecule has 176 valence electrons. The molecule has 3 aromatic carbocycles. The molecule has 0 aliphatic carbocycles. The number of piperazine rings is 1. The first-order valence-electron chi connectivity index (χ1n) is 11.7. The fourth-order valence-corrected chi connectivity index (χ4v) is 4.86. The van der Waals surface area contributed by atoms with E-state index in [-0.39, 0.29) is 0 Å². The molecule has 1 aliphatic rings. The van der Waals surface area contributed by atoms with Crippen molar-refractivity contribution in [3.8, 4) is 0 Å². The summed E-state index contributed by atoms with van der Waals surface area (Å²) in [4.78, 5) is 29.0. The van der Waals surface area contributed by atoms with Gasteiger partial charge in [0.1, 0.15) is 17.9 Å². The molecule has 1 unspecified atom stereocenters. The Bertz CT molecular complexity index is 998. The standard InChI is InChI=1S/C29H32N2O3/c1-28(2,3)34-27(33)31-20-19-30(21-26(31)22-32)29(23-13-7-4-8-14-23,24-15-9-5-10-16-24)25-17-11-6-12-18-25/h4-18,22,26H,19-21H2,1-3H3. The van der Waals surface area contributed by atoms with E-state index in [4.69, 9.17) is 4.74 Å². The van der Waals surface area contributed by atoms with Crippen LogP contribution < -0.4 is 0 Å². The van der Waals surface area contributed by atoms with Crippen molar-refractivity contribution >= 4 is 12.4 Å². The lowest BCUT2D eigenvalue weighted by atomic mass is 9.75. The van der Waals surface area contributed by atoms with Crippen LogP contribution >= 0.6 is 0 Å². The van der Waals surface area contributed by atoms with Gasteiger partial charge < -0.3 is 9.53 Å². The molecule has 1 amide bonds. The highest BCUT2D eigenvalue weighted by atomic mass is 16.6. The van der Waals surface area contributed by atoms with Crippen LogP contribution in [0.15, 0.2) is 91.0 Å². The molecule has 1 saturated heterocycles. The molecular formula is C29H32N2O3. The molecule has 5 heteroatoms. The summed E-state index contributed by atoms with van der Waals surface area (Å²) in [5.41, 5.74) is 2.10. The number of nitrogens with zero attached hydrogens (tertiary/aromatic N) is 2. The molecule has 34 heavy (non-hydrogen) atoms. The van der Waals surface area contributed by atoms with E-state index in [1.807, 2.05) is 75.4 Å². The number of carbonyl (C=O) groups excluding carboxylic acids is 2. The Kier molecular flexibility index (Phi) is 6.85. The van der Waals surface area contributed by atoms with E-state index in [2.05, 4.69) is 41.3 Å². The van der Waals surface area contributed by atoms with Crippen molar-refractivity contribution in [2.75, 3.05) is 19.6 Å². The molecule has 0 N–H and O–H groups in total. The zero-order valence-electron chi connectivity index (χ0n) is 20.1. The van der Waals surface area contributed by atoms with Crippen LogP contribution in [0.4, 0.5) is 4.79 Å². The lowest BCUT2D eigenvalue weighted by molar-refractivity contribution is -0.115. The van der Waals surface area contributed by atoms with Gasteiger partial charge in [0.25, 0.3) is 0 Å². The lowest BCUT2D eigenvalue weighted by Gasteiger charge is -2.50. The second-order valence-electron chi connectivity index (χ2n) is 9.63. The average Bonchev–Trinajstić information content (AvgIpc) is 2.85. The molecule has 5 nitrogen and oxygen atoms in total. The number of amides is 1. The highest BCUT2D eigenvalue weighted by molar-refractivity contribution is 5.74. The van der Waals surface area contributed by atoms with E-state index in [0.717, 1.165) is 23.0 Å². The highest BCUT2D eigenvalue weighted by Gasteiger charge is 2.46. The fraction of sp³-hybridized carbons (Fsp3) is 0.310. The van der Waals surface area contributed by atoms with Gasteiger partial charge >= 0.3 is 6.09 Å². The largest absolute Gasteiger partial charge is 0.444 e. The molecule has 0 saturated carbocycles. The summed E-state index contributed by atoms with van der Waals surface area (Å²) in [6, 6.07) is 30.5. The predicted octanol–water partition coefficient (Wildman–Crippen LogP) is 5.10. The van der Waals surface area contributed by atoms with Crippen molar-refractivity contribution in [2.45, 2.75) is 38.0 Å². The fourth-order valence-electron chi connectivity index (χ4n) is 4.86. The summed E-state index contributed by atoms with van der Waals surface area (Å²) in [6.45, 7) is 6.88. The maximum atomic E-state index is 12.9. The molecule has 1 aliphatic heterocycles. The van der Waals surface area contributed by atoms with Crippen LogP contribution in [-0.4, -0.2) is 53.5 Å². The Labute approximate surface area is 202 Å². The van der Waals surface area contributed by atoms with Gasteiger partial charge in [-0.05, 0) is 37.5 Å². The molecule has 1 heterocycles. The number of carbonyl (C=O) groups is 2. The van der Waals surface area contributed by atoms with Gasteiger partial charge in [0.15, 0.2) is 0 Å². The Hall–Kier alpha value is -3.44. The first-order chi connectivity index (χ1) is 16.4. The minimum absolute atomic E-state index is 0.390. The SMILES string of the molecule is CC(C)(C)OC(=O)N1CCN(C(c2ccccc2)(c2ccccc2)c2ccccc2)CC1C=O. The second-order valence-corrected chi connectivity index (χ2v) is 9.63. The molecule has 1 fully saturated rings. The average molecular weight is 457 g/mol. The normalized spacial score (nSPS) is 17.3. The van der Waals surface area contributed by atoms with Crippen molar-refractivity contribution in [3.63, 3.8) is 0 Å². The third-order valence-electron chi connectivity index (χ3n) is 6.25. The van der Waals surface area contributed by atoms with Crippen LogP contribution in [0, 0.1) is 0 Å². The maximum Gasteiger partial charge on any atom is 0.410 e. The van der Waals surface area contributed by atoms with E-state index in [0.29, 0.717) is 19.6 Å². The van der Waals surface area contributed by atoms with Gasteiger partial charge in [-0.15, -0.1) is 0 Å². The predicted molar refractivity (Wildman–Crippen MR) is 134 cm³/mol. The third-order valence-corrected chi connectivity index (χ3v) is 6.25. The van der Waals surface area contributed by atoms with Crippen molar-refractivity contribution in [2.24, 2.45) is 0 Å². The van der Waals surface area contributed by atoms with Gasteiger partial charge in [0.2, 0.25) is 0 Å². The van der Waals surface area contributed by atoms with E-state index in [9.17, 15) is 9.59 Å². The van der Waals surface area contributed by atoms with Gasteiger partial charge in [0.05, 0.1) is 5.54 Å². The van der Waals surface area contributed by atoms with E-state index in [1.54, 1.807) is 4.90 Å². The topological polar surface area (TPSA) is 49.9 Å². The highest BCUT2D eigenvalue weighted by Crippen LogP contribution is 2.43. The first kappa shape index (κ1) is 23.7. The Morgan fingerprint density at radius 2 is 1.24 bits per heavy atom. The number of hydrogen-bond acceptors (Lipinski definition) is 4. The van der Waals surface area contributed by atoms with Gasteiger partial charge in [-0.1, -0.05) is 91.0 Å². The maximum absolute atomic E-state index is 12.9. The van der Waals surface area contributed by atoms with Crippen molar-refractivity contribution in [1.29, 1.82) is 0 Å². The lowest BCUT2D eigenvalue weighted by Crippen LogP contribution is -2.62. The summed E-state index contributed by atoms with van der Waals surface area (Å²) in [5.74, 6) is 0. The second kappa shape index (κ2) is 9.82. The van der Waals surface area contributed by atoms with E-state index >= 15 is 0 Å². The number of rotatable bonds is 5. The molecule has 4 rings (SSSR count). The van der Waals surface area contributed by atoms with Crippen LogP contribution in [0.1, 0.15) is 37.5 Å². The molecule has 0 spiro atoms. The van der Waals surface area contributed by atoms with Gasteiger partial charge in [0, 0.05) is 19.6 Å². The summed E-state index contributed by atoms with van der Waals surface area (Å²) in [7, 11) is 0. The van der Waals surface area contributed by atoms with Crippen molar-refractivity contribution < 1.29 is 14.3 Å². The molecular weight excluding hydrogens is 424 g/mol. The van der Waals surface area contributed by atoms with Crippen LogP contribution in [-0.2, 0) is 15.1 Å². The Balaban J connectivity index is 1.82. The number of benzene rings is 3. The summed E-state index contributed by atoms with van der Waals surface area (Å²) in [6.07, 6.45) is 0.413. The number of hydrogen-bond donors (Lipinski definition) is 0. The quantitative estimate of drug-likeness (QED) is 0.396. The van der Waals surface area contributed by atoms with Crippen LogP contribution in [0.2, 0.25) is 0 Å². The summed E-state index contributed by atoms with van der Waals surface area (Å²) < 4.78 is 5.59. The zero-order chi connectivity index (χ0) is 24.2. The number of aldehydes is 1. The molecule has 1 atom stereocenters. The summed E-state index contributed by atoms with van der Waals surface area (Å²) in [5, 5.41) is 0. The van der Waals surface area contributed by atoms with Gasteiger partial charge in [-0.3, -0.25) is 9.80 Å². The van der Waals surface area contributed by atoms with Crippen LogP contribution in [0.25, 0.3) is 0 Å². The minimum Gasteiger partial charge on any atom is -0.444 e. The molecule has 3 aromatic rings. The monoisotopic (exact) mass is 456 g/mol. The molecule has 0 aromatic heterocycles. The number of ether oxygens (including phenoxy) is 1. The van der Waals surface area contributed by atoms with E-state index in [1.165, 1.54) is 0 Å². The van der Waals surface area contributed by atoms with Crippen molar-refractivity contribution in [3.05, 3.63) is 108 Å². The Morgan fingerprint density at radius 3 is 1.62 bits per heavy atom. The minimum atomic E-state index is -0.622. The van der Waals surface area contributed by atoms with Crippen LogP contribution in [0.5, 0.6) is 0 Å². The smallest absolute Gasteiger partial charge is 0.410 e. The van der Waals surface area contributed by atoms with Gasteiger partial charge in [-0.2, -0.15) is 0 Å². The first-order valence-corrected chi connectivity index (χ1v) is 11.7. The van der Waals surface area contributed by atoms with Gasteiger partial charge in [-0.25, -0.2) is 4.79 Å².